The van der Waals surface area contributed by atoms with Gasteiger partial charge in [-0.2, -0.15) is 0 Å². The van der Waals surface area contributed by atoms with Gasteiger partial charge >= 0.3 is 0 Å². The van der Waals surface area contributed by atoms with Gasteiger partial charge in [0.05, 0.1) is 6.54 Å². The Morgan fingerprint density at radius 3 is 2.85 bits per heavy atom. The highest BCUT2D eigenvalue weighted by atomic mass is 16.4. The van der Waals surface area contributed by atoms with Gasteiger partial charge in [0.2, 0.25) is 17.7 Å². The second-order valence-electron chi connectivity index (χ2n) is 2.61. The van der Waals surface area contributed by atoms with Crippen LogP contribution in [0.1, 0.15) is 18.7 Å². The van der Waals surface area contributed by atoms with Crippen LogP contribution in [0.3, 0.4) is 0 Å². The van der Waals surface area contributed by atoms with Crippen molar-refractivity contribution in [3.63, 3.8) is 0 Å². The molecule has 1 aromatic heterocycles. The fourth-order valence-electron chi connectivity index (χ4n) is 0.719. The minimum Gasteiger partial charge on any atom is -0.424 e. The van der Waals surface area contributed by atoms with Crippen LogP contribution in [0.25, 0.3) is 0 Å². The first-order valence-corrected chi connectivity index (χ1v) is 3.84. The van der Waals surface area contributed by atoms with Crippen LogP contribution in [0.5, 0.6) is 0 Å². The molecule has 0 radical (unpaired) electrons. The minimum absolute atomic E-state index is 0.143. The van der Waals surface area contributed by atoms with Crippen LogP contribution >= 0.6 is 0 Å². The molecule has 2 N–H and O–H groups in total. The maximum atomic E-state index is 10.9. The van der Waals surface area contributed by atoms with E-state index in [0.29, 0.717) is 11.8 Å². The first kappa shape index (κ1) is 9.66. The summed E-state index contributed by atoms with van der Waals surface area (Å²) in [4.78, 5) is 10.9. The van der Waals surface area contributed by atoms with E-state index in [1.807, 2.05) is 0 Å². The molecule has 0 spiro atoms. The van der Waals surface area contributed by atoms with Gasteiger partial charge in [-0.25, -0.2) is 0 Å². The lowest BCUT2D eigenvalue weighted by Crippen LogP contribution is -2.32. The Balaban J connectivity index is 2.39. The molecule has 1 rings (SSSR count). The Labute approximate surface area is 75.0 Å². The van der Waals surface area contributed by atoms with Crippen molar-refractivity contribution in [3.8, 4) is 0 Å². The van der Waals surface area contributed by atoms with Crippen molar-refractivity contribution in [2.24, 2.45) is 0 Å². The number of rotatable bonds is 3. The first-order valence-electron chi connectivity index (χ1n) is 3.84. The lowest BCUT2D eigenvalue weighted by molar-refractivity contribution is -0.128. The minimum atomic E-state index is -1.02. The van der Waals surface area contributed by atoms with Crippen LogP contribution < -0.4 is 5.32 Å². The SMILES string of the molecule is Cc1nnc(CNC(=O)[C@H](C)O)o1. The summed E-state index contributed by atoms with van der Waals surface area (Å²) in [5.74, 6) is 0.309. The maximum Gasteiger partial charge on any atom is 0.248 e. The van der Waals surface area contributed by atoms with E-state index >= 15 is 0 Å². The zero-order valence-electron chi connectivity index (χ0n) is 7.44. The van der Waals surface area contributed by atoms with Crippen molar-refractivity contribution < 1.29 is 14.3 Å². The highest BCUT2D eigenvalue weighted by Gasteiger charge is 2.09. The van der Waals surface area contributed by atoms with Crippen LogP contribution in [0.4, 0.5) is 0 Å². The van der Waals surface area contributed by atoms with Gasteiger partial charge in [0.25, 0.3) is 0 Å². The third kappa shape index (κ3) is 2.83. The molecule has 0 aliphatic rings. The normalized spacial score (nSPS) is 12.5. The lowest BCUT2D eigenvalue weighted by atomic mass is 10.4. The topological polar surface area (TPSA) is 88.2 Å². The van der Waals surface area contributed by atoms with Gasteiger partial charge in [0, 0.05) is 6.92 Å². The summed E-state index contributed by atoms with van der Waals surface area (Å²) in [6, 6.07) is 0. The van der Waals surface area contributed by atoms with Crippen LogP contribution in [0.15, 0.2) is 4.42 Å². The van der Waals surface area contributed by atoms with Gasteiger partial charge in [-0.05, 0) is 6.92 Å². The molecule has 0 saturated heterocycles. The van der Waals surface area contributed by atoms with Crippen molar-refractivity contribution in [2.75, 3.05) is 0 Å². The number of aryl methyl sites for hydroxylation is 1. The van der Waals surface area contributed by atoms with Crippen LogP contribution in [0, 0.1) is 6.92 Å². The first-order chi connectivity index (χ1) is 6.09. The maximum absolute atomic E-state index is 10.9. The highest BCUT2D eigenvalue weighted by molar-refractivity contribution is 5.79. The molecule has 13 heavy (non-hydrogen) atoms. The summed E-state index contributed by atoms with van der Waals surface area (Å²) in [5.41, 5.74) is 0. The standard InChI is InChI=1S/C7H11N3O3/c1-4(11)7(12)8-3-6-10-9-5(2)13-6/h4,11H,3H2,1-2H3,(H,8,12)/t4-/m0/s1. The summed E-state index contributed by atoms with van der Waals surface area (Å²) < 4.78 is 5.00. The van der Waals surface area contributed by atoms with Gasteiger partial charge in [0.1, 0.15) is 6.10 Å². The molecule has 0 saturated carbocycles. The number of carbonyl (C=O) groups excluding carboxylic acids is 1. The third-order valence-corrected chi connectivity index (χ3v) is 1.36. The third-order valence-electron chi connectivity index (χ3n) is 1.36. The Morgan fingerprint density at radius 2 is 2.38 bits per heavy atom. The van der Waals surface area contributed by atoms with Crippen molar-refractivity contribution in [2.45, 2.75) is 26.5 Å². The number of hydrogen-bond acceptors (Lipinski definition) is 5. The number of aliphatic hydroxyl groups is 1. The number of aromatic nitrogens is 2. The van der Waals surface area contributed by atoms with Crippen molar-refractivity contribution in [3.05, 3.63) is 11.8 Å². The smallest absolute Gasteiger partial charge is 0.248 e. The highest BCUT2D eigenvalue weighted by Crippen LogP contribution is 1.96. The number of nitrogens with zero attached hydrogens (tertiary/aromatic N) is 2. The zero-order valence-corrected chi connectivity index (χ0v) is 7.44. The predicted octanol–water partition coefficient (Wildman–Crippen LogP) is -0.625. The monoisotopic (exact) mass is 185 g/mol. The summed E-state index contributed by atoms with van der Waals surface area (Å²) in [6.07, 6.45) is -1.02. The average molecular weight is 185 g/mol. The molecule has 1 atom stereocenters. The van der Waals surface area contributed by atoms with E-state index in [-0.39, 0.29) is 6.54 Å². The van der Waals surface area contributed by atoms with E-state index in [4.69, 9.17) is 9.52 Å². The molecular formula is C7H11N3O3. The molecule has 1 heterocycles. The zero-order chi connectivity index (χ0) is 9.84. The molecule has 0 bridgehead atoms. The molecular weight excluding hydrogens is 174 g/mol. The molecule has 6 nitrogen and oxygen atoms in total. The van der Waals surface area contributed by atoms with Crippen LogP contribution in [0.2, 0.25) is 0 Å². The van der Waals surface area contributed by atoms with E-state index in [0.717, 1.165) is 0 Å². The van der Waals surface area contributed by atoms with Gasteiger partial charge in [-0.3, -0.25) is 4.79 Å². The van der Waals surface area contributed by atoms with E-state index in [2.05, 4.69) is 15.5 Å². The second kappa shape index (κ2) is 3.99. The van der Waals surface area contributed by atoms with Crippen molar-refractivity contribution in [1.29, 1.82) is 0 Å². The Morgan fingerprint density at radius 1 is 1.69 bits per heavy atom. The molecule has 72 valence electrons. The van der Waals surface area contributed by atoms with Gasteiger partial charge in [-0.1, -0.05) is 0 Å². The molecule has 0 aliphatic carbocycles. The number of nitrogens with one attached hydrogen (secondary N) is 1. The molecule has 6 heteroatoms. The summed E-state index contributed by atoms with van der Waals surface area (Å²) in [5, 5.41) is 18.5. The van der Waals surface area contributed by atoms with Gasteiger partial charge in [0.15, 0.2) is 0 Å². The fraction of sp³-hybridized carbons (Fsp3) is 0.571. The second-order valence-corrected chi connectivity index (χ2v) is 2.61. The number of aliphatic hydroxyl groups excluding tert-OH is 1. The molecule has 0 unspecified atom stereocenters. The number of carbonyl (C=O) groups is 1. The Kier molecular flexibility index (Phi) is 2.97. The Hall–Kier alpha value is -1.43. The van der Waals surface area contributed by atoms with Crippen molar-refractivity contribution in [1.82, 2.24) is 15.5 Å². The summed E-state index contributed by atoms with van der Waals surface area (Å²) in [7, 11) is 0. The Bertz CT molecular complexity index is 295. The fourth-order valence-corrected chi connectivity index (χ4v) is 0.719. The van der Waals surface area contributed by atoms with E-state index in [1.54, 1.807) is 6.92 Å². The van der Waals surface area contributed by atoms with E-state index < -0.39 is 12.0 Å². The molecule has 0 aromatic carbocycles. The average Bonchev–Trinajstić information content (AvgIpc) is 2.47. The molecule has 1 aromatic rings. The molecule has 0 aliphatic heterocycles. The van der Waals surface area contributed by atoms with Gasteiger partial charge < -0.3 is 14.8 Å². The quantitative estimate of drug-likeness (QED) is 0.654. The van der Waals surface area contributed by atoms with Crippen molar-refractivity contribution >= 4 is 5.91 Å². The van der Waals surface area contributed by atoms with Gasteiger partial charge in [-0.15, -0.1) is 10.2 Å². The largest absolute Gasteiger partial charge is 0.424 e. The van der Waals surface area contributed by atoms with Crippen LogP contribution in [-0.2, 0) is 11.3 Å². The van der Waals surface area contributed by atoms with E-state index in [9.17, 15) is 4.79 Å². The molecule has 1 amide bonds. The number of amides is 1. The molecule has 0 fully saturated rings. The lowest BCUT2D eigenvalue weighted by Gasteiger charge is -2.03. The summed E-state index contributed by atoms with van der Waals surface area (Å²) >= 11 is 0. The van der Waals surface area contributed by atoms with Crippen LogP contribution in [-0.4, -0.2) is 27.3 Å². The predicted molar refractivity (Wildman–Crippen MR) is 42.6 cm³/mol. The van der Waals surface area contributed by atoms with E-state index in [1.165, 1.54) is 6.92 Å². The number of hydrogen-bond donors (Lipinski definition) is 2. The summed E-state index contributed by atoms with van der Waals surface area (Å²) in [6.45, 7) is 3.19.